The fourth-order valence-electron chi connectivity index (χ4n) is 3.41. The summed E-state index contributed by atoms with van der Waals surface area (Å²) in [6.45, 7) is 15.0. The van der Waals surface area contributed by atoms with Gasteiger partial charge in [-0.3, -0.25) is 4.79 Å². The van der Waals surface area contributed by atoms with Gasteiger partial charge in [0.1, 0.15) is 6.61 Å². The van der Waals surface area contributed by atoms with Gasteiger partial charge in [0.2, 0.25) is 0 Å². The molecule has 0 fully saturated rings. The average Bonchev–Trinajstić information content (AvgIpc) is 2.52. The third-order valence-electron chi connectivity index (χ3n) is 5.73. The van der Waals surface area contributed by atoms with Crippen molar-refractivity contribution in [3.8, 4) is 0 Å². The SMILES string of the molecule is CCC(O)COC(=O)C(C)(CC(C)(CC)CC)C(CC)CC. The largest absolute Gasteiger partial charge is 0.463 e. The fraction of sp³-hybridized carbons (Fsp3) is 0.947. The van der Waals surface area contributed by atoms with Gasteiger partial charge >= 0.3 is 5.97 Å². The molecule has 0 radical (unpaired) electrons. The van der Waals surface area contributed by atoms with Crippen molar-refractivity contribution in [2.75, 3.05) is 6.61 Å². The summed E-state index contributed by atoms with van der Waals surface area (Å²) in [6, 6.07) is 0. The highest BCUT2D eigenvalue weighted by Gasteiger charge is 2.45. The maximum Gasteiger partial charge on any atom is 0.312 e. The van der Waals surface area contributed by atoms with Crippen LogP contribution >= 0.6 is 0 Å². The van der Waals surface area contributed by atoms with E-state index in [-0.39, 0.29) is 18.0 Å². The minimum atomic E-state index is -0.557. The zero-order valence-corrected chi connectivity index (χ0v) is 15.9. The number of hydrogen-bond donors (Lipinski definition) is 1. The number of carbonyl (C=O) groups is 1. The van der Waals surface area contributed by atoms with Gasteiger partial charge < -0.3 is 9.84 Å². The van der Waals surface area contributed by atoms with Crippen molar-refractivity contribution >= 4 is 5.97 Å². The minimum absolute atomic E-state index is 0.111. The molecule has 0 aliphatic rings. The molecule has 132 valence electrons. The van der Waals surface area contributed by atoms with E-state index >= 15 is 0 Å². The first-order valence-corrected chi connectivity index (χ1v) is 9.08. The predicted molar refractivity (Wildman–Crippen MR) is 92.7 cm³/mol. The Labute approximate surface area is 137 Å². The maximum atomic E-state index is 12.8. The van der Waals surface area contributed by atoms with Crippen LogP contribution in [0.4, 0.5) is 0 Å². The minimum Gasteiger partial charge on any atom is -0.463 e. The number of esters is 1. The molecule has 1 N–H and O–H groups in total. The third-order valence-corrected chi connectivity index (χ3v) is 5.73. The van der Waals surface area contributed by atoms with Crippen molar-refractivity contribution < 1.29 is 14.6 Å². The first-order valence-electron chi connectivity index (χ1n) is 9.08. The molecule has 0 spiro atoms. The summed E-state index contributed by atoms with van der Waals surface area (Å²) in [5.74, 6) is 0.179. The van der Waals surface area contributed by atoms with E-state index in [1.54, 1.807) is 0 Å². The van der Waals surface area contributed by atoms with Crippen molar-refractivity contribution in [3.63, 3.8) is 0 Å². The molecule has 0 saturated heterocycles. The van der Waals surface area contributed by atoms with E-state index in [1.165, 1.54) is 0 Å². The Morgan fingerprint density at radius 2 is 1.50 bits per heavy atom. The van der Waals surface area contributed by atoms with E-state index in [1.807, 2.05) is 6.92 Å². The molecule has 22 heavy (non-hydrogen) atoms. The van der Waals surface area contributed by atoms with Crippen LogP contribution < -0.4 is 0 Å². The third kappa shape index (κ3) is 5.57. The summed E-state index contributed by atoms with van der Waals surface area (Å²) >= 11 is 0. The number of ether oxygens (including phenoxy) is 1. The van der Waals surface area contributed by atoms with Crippen LogP contribution in [0.5, 0.6) is 0 Å². The van der Waals surface area contributed by atoms with Crippen molar-refractivity contribution in [2.24, 2.45) is 16.7 Å². The number of carbonyl (C=O) groups excluding carboxylic acids is 1. The van der Waals surface area contributed by atoms with E-state index in [0.717, 1.165) is 32.1 Å². The average molecular weight is 315 g/mol. The van der Waals surface area contributed by atoms with Crippen molar-refractivity contribution in [2.45, 2.75) is 93.1 Å². The molecule has 0 aliphatic heterocycles. The number of rotatable bonds is 11. The quantitative estimate of drug-likeness (QED) is 0.548. The lowest BCUT2D eigenvalue weighted by Gasteiger charge is -2.41. The number of aliphatic hydroxyl groups is 1. The van der Waals surface area contributed by atoms with Gasteiger partial charge in [-0.25, -0.2) is 0 Å². The van der Waals surface area contributed by atoms with Crippen molar-refractivity contribution in [1.29, 1.82) is 0 Å². The Morgan fingerprint density at radius 3 is 1.86 bits per heavy atom. The molecule has 3 nitrogen and oxygen atoms in total. The summed E-state index contributed by atoms with van der Waals surface area (Å²) < 4.78 is 5.49. The normalized spacial score (nSPS) is 16.4. The predicted octanol–water partition coefficient (Wildman–Crippen LogP) is 4.96. The highest BCUT2D eigenvalue weighted by molar-refractivity contribution is 5.77. The molecule has 0 bridgehead atoms. The van der Waals surface area contributed by atoms with Gasteiger partial charge in [0.15, 0.2) is 0 Å². The molecule has 3 heteroatoms. The standard InChI is InChI=1S/C19H38O3/c1-8-15(9-2)19(7,14-18(6,11-4)12-5)17(21)22-13-16(20)10-3/h15-16,20H,8-14H2,1-7H3. The van der Waals surface area contributed by atoms with Gasteiger partial charge in [-0.2, -0.15) is 0 Å². The van der Waals surface area contributed by atoms with Crippen LogP contribution in [0.2, 0.25) is 0 Å². The molecule has 0 amide bonds. The van der Waals surface area contributed by atoms with Gasteiger partial charge in [-0.05, 0) is 31.1 Å². The van der Waals surface area contributed by atoms with E-state index < -0.39 is 11.5 Å². The molecule has 2 unspecified atom stereocenters. The van der Waals surface area contributed by atoms with E-state index in [4.69, 9.17) is 4.74 Å². The number of hydrogen-bond acceptors (Lipinski definition) is 3. The fourth-order valence-corrected chi connectivity index (χ4v) is 3.41. The lowest BCUT2D eigenvalue weighted by Crippen LogP contribution is -2.42. The van der Waals surface area contributed by atoms with Crippen LogP contribution in [-0.4, -0.2) is 23.8 Å². The van der Waals surface area contributed by atoms with E-state index in [2.05, 4.69) is 41.5 Å². The second-order valence-electron chi connectivity index (χ2n) is 7.29. The van der Waals surface area contributed by atoms with E-state index in [9.17, 15) is 9.90 Å². The van der Waals surface area contributed by atoms with Crippen LogP contribution in [0.1, 0.15) is 87.0 Å². The Hall–Kier alpha value is -0.570. The molecule has 0 aromatic heterocycles. The molecule has 0 heterocycles. The lowest BCUT2D eigenvalue weighted by molar-refractivity contribution is -0.164. The van der Waals surface area contributed by atoms with Crippen LogP contribution in [0.25, 0.3) is 0 Å². The van der Waals surface area contributed by atoms with Gasteiger partial charge in [0.25, 0.3) is 0 Å². The van der Waals surface area contributed by atoms with Crippen LogP contribution in [-0.2, 0) is 9.53 Å². The first-order chi connectivity index (χ1) is 10.2. The molecule has 0 aromatic rings. The zero-order chi connectivity index (χ0) is 17.4. The summed E-state index contributed by atoms with van der Waals surface area (Å²) in [5.41, 5.74) is -0.322. The molecule has 0 rings (SSSR count). The van der Waals surface area contributed by atoms with Crippen LogP contribution in [0.3, 0.4) is 0 Å². The Morgan fingerprint density at radius 1 is 1.00 bits per heavy atom. The zero-order valence-electron chi connectivity index (χ0n) is 15.9. The molecule has 0 saturated carbocycles. The highest BCUT2D eigenvalue weighted by atomic mass is 16.5. The van der Waals surface area contributed by atoms with Gasteiger partial charge in [-0.15, -0.1) is 0 Å². The first kappa shape index (κ1) is 21.4. The van der Waals surface area contributed by atoms with Crippen LogP contribution in [0, 0.1) is 16.7 Å². The van der Waals surface area contributed by atoms with E-state index in [0.29, 0.717) is 12.3 Å². The maximum absolute atomic E-state index is 12.8. The monoisotopic (exact) mass is 314 g/mol. The van der Waals surface area contributed by atoms with Gasteiger partial charge in [-0.1, -0.05) is 67.2 Å². The summed E-state index contributed by atoms with van der Waals surface area (Å²) in [5, 5.41) is 9.67. The second kappa shape index (κ2) is 9.54. The van der Waals surface area contributed by atoms with Crippen molar-refractivity contribution in [3.05, 3.63) is 0 Å². The van der Waals surface area contributed by atoms with Gasteiger partial charge in [0, 0.05) is 0 Å². The summed E-state index contributed by atoms with van der Waals surface area (Å²) in [7, 11) is 0. The Bertz CT molecular complexity index is 319. The summed E-state index contributed by atoms with van der Waals surface area (Å²) in [4.78, 5) is 12.8. The van der Waals surface area contributed by atoms with Crippen molar-refractivity contribution in [1.82, 2.24) is 0 Å². The Balaban J connectivity index is 5.29. The molecule has 0 aliphatic carbocycles. The van der Waals surface area contributed by atoms with Gasteiger partial charge in [0.05, 0.1) is 11.5 Å². The summed E-state index contributed by atoms with van der Waals surface area (Å²) in [6.07, 6.45) is 4.97. The highest BCUT2D eigenvalue weighted by Crippen LogP contribution is 2.46. The topological polar surface area (TPSA) is 46.5 Å². The smallest absolute Gasteiger partial charge is 0.312 e. The van der Waals surface area contributed by atoms with Crippen LogP contribution in [0.15, 0.2) is 0 Å². The molecular weight excluding hydrogens is 276 g/mol. The second-order valence-corrected chi connectivity index (χ2v) is 7.29. The molecule has 0 aromatic carbocycles. The lowest BCUT2D eigenvalue weighted by atomic mass is 9.63. The number of aliphatic hydroxyl groups excluding tert-OH is 1. The molecular formula is C19H38O3. The Kier molecular flexibility index (Phi) is 9.30. The molecule has 2 atom stereocenters.